The van der Waals surface area contributed by atoms with Crippen LogP contribution < -0.4 is 10.6 Å². The minimum absolute atomic E-state index is 0.0143. The number of thioether (sulfide) groups is 1. The van der Waals surface area contributed by atoms with E-state index in [4.69, 9.17) is 0 Å². The summed E-state index contributed by atoms with van der Waals surface area (Å²) in [6.45, 7) is 34.3. The second-order valence-electron chi connectivity index (χ2n) is 19.2. The zero-order chi connectivity index (χ0) is 44.1. The van der Waals surface area contributed by atoms with Gasteiger partial charge in [0.1, 0.15) is 6.04 Å². The molecule has 1 aliphatic heterocycles. The van der Waals surface area contributed by atoms with Gasteiger partial charge in [0.2, 0.25) is 23.6 Å². The first-order valence-corrected chi connectivity index (χ1v) is 23.6. The van der Waals surface area contributed by atoms with Crippen LogP contribution in [0.25, 0.3) is 0 Å². The first-order chi connectivity index (χ1) is 27.2. The van der Waals surface area contributed by atoms with Gasteiger partial charge in [0.25, 0.3) is 0 Å². The smallest absolute Gasteiger partial charge is 0.245 e. The third-order valence-electron chi connectivity index (χ3n) is 13.1. The molecule has 3 unspecified atom stereocenters. The van der Waals surface area contributed by atoms with Gasteiger partial charge < -0.3 is 20.4 Å². The highest BCUT2D eigenvalue weighted by Gasteiger charge is 2.46. The molecule has 2 rings (SSSR count). The van der Waals surface area contributed by atoms with Gasteiger partial charge in [-0.15, -0.1) is 0 Å². The van der Waals surface area contributed by atoms with Crippen molar-refractivity contribution in [1.82, 2.24) is 25.3 Å². The molecule has 0 radical (unpaired) electrons. The molecule has 0 aromatic heterocycles. The number of likely N-dealkylation sites (N-methyl/N-ethyl adjacent to an activating group) is 2. The van der Waals surface area contributed by atoms with Gasteiger partial charge in [0, 0.05) is 55.3 Å². The highest BCUT2D eigenvalue weighted by molar-refractivity contribution is 8.00. The number of carbonyl (C=O) groups is 4. The molecule has 1 aliphatic carbocycles. The lowest BCUT2D eigenvalue weighted by molar-refractivity contribution is -0.143. The molecule has 1 saturated carbocycles. The Kier molecular flexibility index (Phi) is 21.3. The summed E-state index contributed by atoms with van der Waals surface area (Å²) in [5.41, 5.74) is 1.03. The number of hydrogen-bond donors (Lipinski definition) is 2. The van der Waals surface area contributed by atoms with E-state index < -0.39 is 6.04 Å². The average molecular weight is 828 g/mol. The Morgan fingerprint density at radius 2 is 1.50 bits per heavy atom. The van der Waals surface area contributed by atoms with Crippen LogP contribution in [0.15, 0.2) is 37.0 Å². The maximum Gasteiger partial charge on any atom is 0.245 e. The number of amides is 4. The molecule has 2 fully saturated rings. The van der Waals surface area contributed by atoms with E-state index in [0.29, 0.717) is 25.3 Å². The molecule has 4 amide bonds. The van der Waals surface area contributed by atoms with E-state index in [1.54, 1.807) is 6.08 Å². The van der Waals surface area contributed by atoms with Crippen molar-refractivity contribution in [3.8, 4) is 0 Å². The Bertz CT molecular complexity index is 1390. The van der Waals surface area contributed by atoms with Crippen LogP contribution in [0.2, 0.25) is 0 Å². The van der Waals surface area contributed by atoms with Crippen molar-refractivity contribution < 1.29 is 19.2 Å². The van der Waals surface area contributed by atoms with E-state index in [1.807, 2.05) is 63.7 Å². The lowest BCUT2D eigenvalue weighted by Gasteiger charge is -2.44. The third kappa shape index (κ3) is 14.3. The summed E-state index contributed by atoms with van der Waals surface area (Å²) in [5, 5.41) is 6.47. The maximum atomic E-state index is 14.5. The fourth-order valence-electron chi connectivity index (χ4n) is 10.1. The van der Waals surface area contributed by atoms with E-state index in [0.717, 1.165) is 50.0 Å². The van der Waals surface area contributed by atoms with Gasteiger partial charge in [-0.2, -0.15) is 11.8 Å². The second kappa shape index (κ2) is 24.0. The first-order valence-electron chi connectivity index (χ1n) is 22.6. The number of carbonyl (C=O) groups excluding carboxylic acids is 4. The van der Waals surface area contributed by atoms with Crippen LogP contribution in [0.5, 0.6) is 0 Å². The Labute approximate surface area is 359 Å². The topological polar surface area (TPSA) is 102 Å². The quantitative estimate of drug-likeness (QED) is 0.0894. The summed E-state index contributed by atoms with van der Waals surface area (Å²) >= 11 is 1.88. The predicted molar refractivity (Wildman–Crippen MR) is 245 cm³/mol. The summed E-state index contributed by atoms with van der Waals surface area (Å²) in [6.07, 6.45) is 12.5. The number of likely N-dealkylation sites (tertiary alicyclic amines) is 1. The number of allylic oxidation sites excluding steroid dienone is 3. The highest BCUT2D eigenvalue weighted by Crippen LogP contribution is 2.44. The Morgan fingerprint density at radius 1 is 0.862 bits per heavy atom. The number of nitrogens with one attached hydrogen (secondary N) is 2. The van der Waals surface area contributed by atoms with Gasteiger partial charge >= 0.3 is 0 Å². The second-order valence-corrected chi connectivity index (χ2v) is 21.2. The van der Waals surface area contributed by atoms with Crippen molar-refractivity contribution >= 4 is 35.4 Å². The van der Waals surface area contributed by atoms with E-state index in [1.165, 1.54) is 6.42 Å². The van der Waals surface area contributed by atoms with Crippen molar-refractivity contribution in [2.24, 2.45) is 41.4 Å². The van der Waals surface area contributed by atoms with Gasteiger partial charge in [-0.1, -0.05) is 119 Å². The van der Waals surface area contributed by atoms with Crippen molar-refractivity contribution in [3.05, 3.63) is 37.0 Å². The van der Waals surface area contributed by atoms with Gasteiger partial charge in [-0.05, 0) is 93.9 Å². The van der Waals surface area contributed by atoms with Crippen LogP contribution >= 0.6 is 11.8 Å². The zero-order valence-corrected chi connectivity index (χ0v) is 40.1. The van der Waals surface area contributed by atoms with Crippen molar-refractivity contribution in [3.63, 3.8) is 0 Å². The Morgan fingerprint density at radius 3 is 2.00 bits per heavy atom. The molecule has 0 spiro atoms. The fraction of sp³-hybridized carbons (Fsp3) is 0.792. The summed E-state index contributed by atoms with van der Waals surface area (Å²) in [7, 11) is 3.87. The SMILES string of the molecule is C=C/C=C(\C=C)C[C@@H](C)NC(=O)[C@H](C)C(C1CCC1)[C@@H]1CCCN1C(=O)CC(C)[C@H]([C@@H](C)CC)N(C)C(=O)[C@@H](NC(=O)C(C(C)C)N(C)CC(C)(C)SCC)C(C)C. The van der Waals surface area contributed by atoms with E-state index in [2.05, 4.69) is 95.9 Å². The van der Waals surface area contributed by atoms with E-state index >= 15 is 0 Å². The molecule has 0 bridgehead atoms. The summed E-state index contributed by atoms with van der Waals surface area (Å²) in [6, 6.07) is -1.30. The zero-order valence-electron chi connectivity index (χ0n) is 39.2. The molecular formula is C48H85N5O4S. The Balaban J connectivity index is 2.28. The van der Waals surface area contributed by atoms with Gasteiger partial charge in [0.15, 0.2) is 0 Å². The monoisotopic (exact) mass is 828 g/mol. The largest absolute Gasteiger partial charge is 0.353 e. The molecule has 2 N–H and O–H groups in total. The summed E-state index contributed by atoms with van der Waals surface area (Å²) < 4.78 is -0.0143. The molecule has 9 atom stereocenters. The van der Waals surface area contributed by atoms with E-state index in [9.17, 15) is 19.2 Å². The lowest BCUT2D eigenvalue weighted by Crippen LogP contribution is -2.59. The first kappa shape index (κ1) is 51.6. The molecule has 332 valence electrons. The third-order valence-corrected chi connectivity index (χ3v) is 14.3. The van der Waals surface area contributed by atoms with Gasteiger partial charge in [-0.25, -0.2) is 0 Å². The molecule has 1 heterocycles. The summed E-state index contributed by atoms with van der Waals surface area (Å²) in [5.74, 6) is 1.18. The van der Waals surface area contributed by atoms with Crippen LogP contribution in [0.1, 0.15) is 134 Å². The number of hydrogen-bond acceptors (Lipinski definition) is 6. The van der Waals surface area contributed by atoms with Crippen LogP contribution in [0.3, 0.4) is 0 Å². The van der Waals surface area contributed by atoms with Crippen molar-refractivity contribution in [2.75, 3.05) is 32.9 Å². The minimum Gasteiger partial charge on any atom is -0.353 e. The van der Waals surface area contributed by atoms with Crippen LogP contribution in [-0.4, -0.2) is 106 Å². The van der Waals surface area contributed by atoms with Crippen LogP contribution in [0, 0.1) is 41.4 Å². The van der Waals surface area contributed by atoms with Gasteiger partial charge in [0.05, 0.1) is 6.04 Å². The average Bonchev–Trinajstić information content (AvgIpc) is 3.60. The molecule has 2 aliphatic rings. The Hall–Kier alpha value is -2.59. The molecule has 10 heteroatoms. The molecule has 58 heavy (non-hydrogen) atoms. The highest BCUT2D eigenvalue weighted by atomic mass is 32.2. The van der Waals surface area contributed by atoms with E-state index in [-0.39, 0.29) is 88.1 Å². The summed E-state index contributed by atoms with van der Waals surface area (Å²) in [4.78, 5) is 62.9. The molecule has 0 aromatic carbocycles. The minimum atomic E-state index is -0.692. The standard InChI is InChI=1S/C48H85N5O4S/c1-17-23-37(19-3)29-35(11)49-45(55)36(12)41(38-24-21-25-38)39-26-22-27-53(39)40(54)28-34(10)44(33(9)18-2)52(16)47(57)42(31(5)6)50-46(56)43(32(7)8)51(15)30-48(13,14)58-20-4/h17,19,23,31-36,38-39,41-44H,1,3,18,20-22,24-30H2,2,4-16H3,(H,49,55)(H,50,56)/b37-23+/t33-,34?,35+,36+,39-,41?,42-,43?,44-/m0/s1. The normalized spacial score (nSPS) is 20.7. The van der Waals surface area contributed by atoms with Crippen LogP contribution in [0.4, 0.5) is 0 Å². The number of rotatable bonds is 25. The predicted octanol–water partition coefficient (Wildman–Crippen LogP) is 8.75. The molecule has 1 saturated heterocycles. The number of nitrogens with zero attached hydrogens (tertiary/aromatic N) is 3. The maximum absolute atomic E-state index is 14.5. The van der Waals surface area contributed by atoms with Gasteiger partial charge in [-0.3, -0.25) is 24.1 Å². The van der Waals surface area contributed by atoms with Crippen molar-refractivity contribution in [1.29, 1.82) is 0 Å². The fourth-order valence-corrected chi connectivity index (χ4v) is 11.1. The van der Waals surface area contributed by atoms with Crippen molar-refractivity contribution in [2.45, 2.75) is 169 Å². The lowest BCUT2D eigenvalue weighted by atomic mass is 9.67. The molecule has 0 aromatic rings. The molecule has 9 nitrogen and oxygen atoms in total. The molecular weight excluding hydrogens is 743 g/mol. The van der Waals surface area contributed by atoms with Crippen LogP contribution in [-0.2, 0) is 19.2 Å².